The summed E-state index contributed by atoms with van der Waals surface area (Å²) < 4.78 is 5.13. The van der Waals surface area contributed by atoms with E-state index in [9.17, 15) is 4.79 Å². The molecule has 0 bridgehead atoms. The van der Waals surface area contributed by atoms with E-state index < -0.39 is 0 Å². The van der Waals surface area contributed by atoms with Gasteiger partial charge in [-0.05, 0) is 73.0 Å². The fourth-order valence-electron chi connectivity index (χ4n) is 5.18. The van der Waals surface area contributed by atoms with Crippen LogP contribution in [-0.4, -0.2) is 24.1 Å². The smallest absolute Gasteiger partial charge is 0.411 e. The van der Waals surface area contributed by atoms with Gasteiger partial charge >= 0.3 is 6.09 Å². The summed E-state index contributed by atoms with van der Waals surface area (Å²) in [4.78, 5) is 14.0. The highest BCUT2D eigenvalue weighted by Crippen LogP contribution is 2.40. The minimum absolute atomic E-state index is 0.238. The number of piperidine rings is 1. The SMILES string of the molecule is O=C1Nc2ccc(CN3CCC(CCc4ccccc4)(c4ccccc4)CC3)cc2CO1. The summed E-state index contributed by atoms with van der Waals surface area (Å²) in [5.74, 6) is 0. The third-order valence-corrected chi connectivity index (χ3v) is 7.11. The molecule has 0 aliphatic carbocycles. The minimum Gasteiger partial charge on any atom is -0.444 e. The van der Waals surface area contributed by atoms with Crippen molar-refractivity contribution < 1.29 is 9.53 Å². The van der Waals surface area contributed by atoms with Crippen molar-refractivity contribution in [1.29, 1.82) is 0 Å². The van der Waals surface area contributed by atoms with Crippen LogP contribution in [0, 0.1) is 0 Å². The van der Waals surface area contributed by atoms with Gasteiger partial charge in [0.15, 0.2) is 0 Å². The van der Waals surface area contributed by atoms with Crippen molar-refractivity contribution in [1.82, 2.24) is 4.90 Å². The number of aryl methyl sites for hydroxylation is 1. The fourth-order valence-corrected chi connectivity index (χ4v) is 5.18. The number of hydrogen-bond donors (Lipinski definition) is 1. The summed E-state index contributed by atoms with van der Waals surface area (Å²) in [5, 5.41) is 2.77. The lowest BCUT2D eigenvalue weighted by molar-refractivity contribution is 0.145. The Kier molecular flexibility index (Phi) is 5.95. The lowest BCUT2D eigenvalue weighted by Gasteiger charge is -2.43. The summed E-state index contributed by atoms with van der Waals surface area (Å²) in [5.41, 5.74) is 6.35. The molecule has 3 aromatic carbocycles. The topological polar surface area (TPSA) is 41.6 Å². The molecule has 3 aromatic rings. The van der Waals surface area contributed by atoms with Gasteiger partial charge in [0, 0.05) is 12.1 Å². The van der Waals surface area contributed by atoms with E-state index >= 15 is 0 Å². The van der Waals surface area contributed by atoms with Gasteiger partial charge in [-0.25, -0.2) is 4.79 Å². The van der Waals surface area contributed by atoms with Crippen LogP contribution < -0.4 is 5.32 Å². The Morgan fingerprint density at radius 1 is 0.875 bits per heavy atom. The molecule has 0 radical (unpaired) electrons. The second kappa shape index (κ2) is 9.17. The van der Waals surface area contributed by atoms with Gasteiger partial charge in [0.1, 0.15) is 6.61 Å². The van der Waals surface area contributed by atoms with E-state index in [0.29, 0.717) is 6.61 Å². The Labute approximate surface area is 190 Å². The van der Waals surface area contributed by atoms with E-state index in [-0.39, 0.29) is 11.5 Å². The van der Waals surface area contributed by atoms with Gasteiger partial charge in [-0.1, -0.05) is 66.7 Å². The molecule has 5 rings (SSSR count). The summed E-state index contributed by atoms with van der Waals surface area (Å²) in [6, 6.07) is 28.3. The van der Waals surface area contributed by atoms with Crippen LogP contribution in [0.2, 0.25) is 0 Å². The Morgan fingerprint density at radius 3 is 2.34 bits per heavy atom. The van der Waals surface area contributed by atoms with Crippen LogP contribution in [0.25, 0.3) is 0 Å². The highest BCUT2D eigenvalue weighted by atomic mass is 16.5. The van der Waals surface area contributed by atoms with Crippen LogP contribution in [0.15, 0.2) is 78.9 Å². The molecule has 164 valence electrons. The third kappa shape index (κ3) is 4.56. The normalized spacial score (nSPS) is 17.8. The average Bonchev–Trinajstić information content (AvgIpc) is 2.85. The number of carbonyl (C=O) groups excluding carboxylic acids is 1. The number of fused-ring (bicyclic) bond motifs is 1. The van der Waals surface area contributed by atoms with Crippen molar-refractivity contribution >= 4 is 11.8 Å². The molecule has 0 spiro atoms. The number of nitrogens with zero attached hydrogens (tertiary/aromatic N) is 1. The van der Waals surface area contributed by atoms with Crippen molar-refractivity contribution in [2.45, 2.75) is 44.2 Å². The van der Waals surface area contributed by atoms with Gasteiger partial charge in [0.05, 0.1) is 5.69 Å². The van der Waals surface area contributed by atoms with Gasteiger partial charge < -0.3 is 4.74 Å². The number of likely N-dealkylation sites (tertiary alicyclic amines) is 1. The second-order valence-electron chi connectivity index (χ2n) is 9.10. The molecule has 2 aliphatic rings. The zero-order valence-corrected chi connectivity index (χ0v) is 18.4. The number of nitrogens with one attached hydrogen (secondary N) is 1. The van der Waals surface area contributed by atoms with Gasteiger partial charge in [-0.2, -0.15) is 0 Å². The van der Waals surface area contributed by atoms with Gasteiger partial charge in [-0.3, -0.25) is 10.2 Å². The Balaban J connectivity index is 1.27. The quantitative estimate of drug-likeness (QED) is 0.532. The standard InChI is InChI=1S/C28H30N2O2/c31-27-29-26-12-11-23(19-24(26)21-32-27)20-30-17-15-28(16-18-30,25-9-5-2-6-10-25)14-13-22-7-3-1-4-8-22/h1-12,19H,13-18,20-21H2,(H,29,31). The van der Waals surface area contributed by atoms with Crippen molar-refractivity contribution in [3.8, 4) is 0 Å². The molecular formula is C28H30N2O2. The number of rotatable bonds is 6. The van der Waals surface area contributed by atoms with Crippen molar-refractivity contribution in [2.75, 3.05) is 18.4 Å². The molecule has 0 aromatic heterocycles. The maximum Gasteiger partial charge on any atom is 0.411 e. The molecule has 1 fully saturated rings. The molecule has 1 amide bonds. The van der Waals surface area contributed by atoms with Gasteiger partial charge in [0.25, 0.3) is 0 Å². The molecule has 32 heavy (non-hydrogen) atoms. The molecule has 2 aliphatic heterocycles. The minimum atomic E-state index is -0.367. The van der Waals surface area contributed by atoms with Crippen molar-refractivity contribution in [2.24, 2.45) is 0 Å². The molecule has 2 heterocycles. The predicted molar refractivity (Wildman–Crippen MR) is 128 cm³/mol. The monoisotopic (exact) mass is 426 g/mol. The summed E-state index contributed by atoms with van der Waals surface area (Å²) in [6.07, 6.45) is 4.29. The Bertz CT molecular complexity index is 1060. The first kappa shape index (κ1) is 20.8. The number of benzene rings is 3. The van der Waals surface area contributed by atoms with E-state index in [2.05, 4.69) is 83.0 Å². The average molecular weight is 427 g/mol. The molecular weight excluding hydrogens is 396 g/mol. The van der Waals surface area contributed by atoms with Crippen LogP contribution in [0.3, 0.4) is 0 Å². The van der Waals surface area contributed by atoms with E-state index in [0.717, 1.165) is 37.3 Å². The van der Waals surface area contributed by atoms with Gasteiger partial charge in [0.2, 0.25) is 0 Å². The highest BCUT2D eigenvalue weighted by Gasteiger charge is 2.35. The molecule has 0 unspecified atom stereocenters. The maximum absolute atomic E-state index is 11.4. The van der Waals surface area contributed by atoms with Crippen LogP contribution in [0.1, 0.15) is 41.5 Å². The summed E-state index contributed by atoms with van der Waals surface area (Å²) in [6.45, 7) is 3.47. The number of ether oxygens (including phenoxy) is 1. The van der Waals surface area contributed by atoms with Crippen LogP contribution >= 0.6 is 0 Å². The highest BCUT2D eigenvalue weighted by molar-refractivity contribution is 5.87. The first-order valence-corrected chi connectivity index (χ1v) is 11.6. The molecule has 0 saturated carbocycles. The largest absolute Gasteiger partial charge is 0.444 e. The van der Waals surface area contributed by atoms with Gasteiger partial charge in [-0.15, -0.1) is 0 Å². The van der Waals surface area contributed by atoms with E-state index in [1.165, 1.54) is 36.0 Å². The molecule has 0 atom stereocenters. The van der Waals surface area contributed by atoms with Crippen LogP contribution in [0.5, 0.6) is 0 Å². The van der Waals surface area contributed by atoms with Crippen LogP contribution in [0.4, 0.5) is 10.5 Å². The first-order valence-electron chi connectivity index (χ1n) is 11.6. The van der Waals surface area contributed by atoms with E-state index in [1.807, 2.05) is 6.07 Å². The second-order valence-corrected chi connectivity index (χ2v) is 9.10. The maximum atomic E-state index is 11.4. The zero-order valence-electron chi connectivity index (χ0n) is 18.4. The summed E-state index contributed by atoms with van der Waals surface area (Å²) >= 11 is 0. The number of amides is 1. The lowest BCUT2D eigenvalue weighted by Crippen LogP contribution is -2.42. The van der Waals surface area contributed by atoms with E-state index in [1.54, 1.807) is 0 Å². The Hall–Kier alpha value is -3.11. The number of anilines is 1. The number of cyclic esters (lactones) is 1. The van der Waals surface area contributed by atoms with Crippen molar-refractivity contribution in [3.05, 3.63) is 101 Å². The Morgan fingerprint density at radius 2 is 1.59 bits per heavy atom. The molecule has 4 nitrogen and oxygen atoms in total. The first-order chi connectivity index (χ1) is 15.7. The zero-order chi connectivity index (χ0) is 21.8. The molecule has 1 saturated heterocycles. The van der Waals surface area contributed by atoms with Crippen LogP contribution in [-0.2, 0) is 29.7 Å². The molecule has 1 N–H and O–H groups in total. The predicted octanol–water partition coefficient (Wildman–Crippen LogP) is 5.92. The summed E-state index contributed by atoms with van der Waals surface area (Å²) in [7, 11) is 0. The number of carbonyl (C=O) groups is 1. The van der Waals surface area contributed by atoms with E-state index in [4.69, 9.17) is 4.74 Å². The fraction of sp³-hybridized carbons (Fsp3) is 0.321. The molecule has 4 heteroatoms. The van der Waals surface area contributed by atoms with Crippen molar-refractivity contribution in [3.63, 3.8) is 0 Å². The third-order valence-electron chi connectivity index (χ3n) is 7.11. The lowest BCUT2D eigenvalue weighted by atomic mass is 9.69. The number of hydrogen-bond acceptors (Lipinski definition) is 3.